The van der Waals surface area contributed by atoms with E-state index in [-0.39, 0.29) is 35.9 Å². The van der Waals surface area contributed by atoms with E-state index in [2.05, 4.69) is 10.6 Å². The van der Waals surface area contributed by atoms with Crippen LogP contribution in [0.5, 0.6) is 0 Å². The lowest BCUT2D eigenvalue weighted by molar-refractivity contribution is -0.928. The maximum absolute atomic E-state index is 12.7. The summed E-state index contributed by atoms with van der Waals surface area (Å²) in [6.07, 6.45) is -8.11. The first-order chi connectivity index (χ1) is 16.6. The lowest BCUT2D eigenvalue weighted by Gasteiger charge is -2.39. The van der Waals surface area contributed by atoms with Crippen molar-refractivity contribution >= 4 is 85.3 Å². The van der Waals surface area contributed by atoms with Crippen molar-refractivity contribution in [2.75, 3.05) is 45.7 Å². The number of hydrogen-bond donors (Lipinski definition) is 9. The van der Waals surface area contributed by atoms with Gasteiger partial charge in [-0.25, -0.2) is 0 Å². The predicted octanol–water partition coefficient (Wildman–Crippen LogP) is -1.45. The summed E-state index contributed by atoms with van der Waals surface area (Å²) in [5.74, 6) is -0.724. The van der Waals surface area contributed by atoms with Crippen LogP contribution in [-0.4, -0.2) is 123 Å². The summed E-state index contributed by atoms with van der Waals surface area (Å²) in [6, 6.07) is 0. The number of carbonyl (C=O) groups is 2. The Labute approximate surface area is 250 Å². The molecule has 0 bridgehead atoms. The number of nitrogens with one attached hydrogen (secondary N) is 2. The van der Waals surface area contributed by atoms with Crippen molar-refractivity contribution in [2.24, 2.45) is 0 Å². The maximum atomic E-state index is 12.7. The van der Waals surface area contributed by atoms with Gasteiger partial charge in [-0.1, -0.05) is 0 Å². The van der Waals surface area contributed by atoms with E-state index in [0.717, 1.165) is 0 Å². The Morgan fingerprint density at radius 3 is 1.92 bits per heavy atom. The molecule has 12 nitrogen and oxygen atoms in total. The van der Waals surface area contributed by atoms with Crippen molar-refractivity contribution in [1.82, 2.24) is 5.32 Å². The number of anilines is 1. The highest BCUT2D eigenvalue weighted by Gasteiger charge is 2.38. The fourth-order valence-electron chi connectivity index (χ4n) is 3.74. The van der Waals surface area contributed by atoms with E-state index < -0.39 is 43.7 Å². The van der Waals surface area contributed by atoms with Gasteiger partial charge in [0.15, 0.2) is 0 Å². The summed E-state index contributed by atoms with van der Waals surface area (Å²) >= 11 is 6.04. The van der Waals surface area contributed by atoms with E-state index in [0.29, 0.717) is 27.5 Å². The zero-order chi connectivity index (χ0) is 28.0. The Bertz CT molecular complexity index is 940. The average molecular weight is 852 g/mol. The molecule has 0 spiro atoms. The van der Waals surface area contributed by atoms with Gasteiger partial charge in [0, 0.05) is 26.7 Å². The highest BCUT2D eigenvalue weighted by molar-refractivity contribution is 14.1. The first kappa shape index (κ1) is 34.1. The molecule has 0 aliphatic heterocycles. The van der Waals surface area contributed by atoms with Crippen LogP contribution in [0.4, 0.5) is 5.69 Å². The molecule has 0 saturated carbocycles. The van der Waals surface area contributed by atoms with Gasteiger partial charge >= 0.3 is 0 Å². The summed E-state index contributed by atoms with van der Waals surface area (Å²) in [4.78, 5) is 24.6. The van der Waals surface area contributed by atoms with Crippen LogP contribution in [0.2, 0.25) is 0 Å². The van der Waals surface area contributed by atoms with Gasteiger partial charge in [-0.3, -0.25) is 9.59 Å². The quantitative estimate of drug-likeness (QED) is 0.0843. The van der Waals surface area contributed by atoms with E-state index in [9.17, 15) is 40.2 Å². The normalized spacial score (nSPS) is 17.5. The molecule has 0 radical (unpaired) electrons. The zero-order valence-corrected chi connectivity index (χ0v) is 26.4. The Balaban J connectivity index is 3.62. The summed E-state index contributed by atoms with van der Waals surface area (Å²) in [6.45, 7) is -0.292. The number of halogens is 3. The van der Waals surface area contributed by atoms with Crippen LogP contribution in [-0.2, 0) is 11.3 Å². The molecule has 6 unspecified atom stereocenters. The number of hydrogen-bond acceptors (Lipinski definition) is 9. The molecule has 206 valence electrons. The number of likely N-dealkylation sites (N-methyl/N-ethyl adjacent to an activating group) is 1. The lowest BCUT2D eigenvalue weighted by Crippen LogP contribution is -2.57. The third kappa shape index (κ3) is 8.78. The molecule has 0 aliphatic carbocycles. The fraction of sp³-hybridized carbons (Fsp3) is 0.619. The Kier molecular flexibility index (Phi) is 14.2. The molecular weight excluding hydrogens is 819 g/mol. The van der Waals surface area contributed by atoms with Gasteiger partial charge in [-0.05, 0) is 67.8 Å². The summed E-state index contributed by atoms with van der Waals surface area (Å²) in [5.41, 5.74) is 1.37. The van der Waals surface area contributed by atoms with Crippen molar-refractivity contribution in [3.8, 4) is 0 Å². The second kappa shape index (κ2) is 15.0. The summed E-state index contributed by atoms with van der Waals surface area (Å²) in [7, 11) is 3.12. The van der Waals surface area contributed by atoms with Crippen LogP contribution in [0, 0.1) is 10.7 Å². The van der Waals surface area contributed by atoms with E-state index >= 15 is 0 Å². The number of carbonyl (C=O) groups excluding carboxylic acids is 2. The topological polar surface area (TPSA) is 200 Å². The second-order valence-corrected chi connectivity index (χ2v) is 11.9. The number of benzene rings is 1. The Hall–Kier alpha value is 0.0300. The standard InChI is InChI=1S/C21H32I3N3O9/c1-9(30)26-18-16(23)11(15(22)14(17(18)24)21(36)25-2)5-27(3,4-10(31)7-28)6-12(32)19(34)20(35)13(33)8-29/h10,12-13,19-20,28-29,31-35H,4-8H2,1-3H3,(H-,25,26,30,36)/p+1. The average Bonchev–Trinajstić information content (AvgIpc) is 2.82. The molecule has 1 aromatic carbocycles. The van der Waals surface area contributed by atoms with Crippen LogP contribution in [0.15, 0.2) is 0 Å². The van der Waals surface area contributed by atoms with Crippen LogP contribution < -0.4 is 10.6 Å². The number of amides is 2. The van der Waals surface area contributed by atoms with Crippen molar-refractivity contribution in [3.05, 3.63) is 21.8 Å². The van der Waals surface area contributed by atoms with Crippen molar-refractivity contribution in [1.29, 1.82) is 0 Å². The molecule has 0 aliphatic rings. The third-order valence-corrected chi connectivity index (χ3v) is 8.98. The van der Waals surface area contributed by atoms with Crippen LogP contribution in [0.25, 0.3) is 0 Å². The van der Waals surface area contributed by atoms with Crippen molar-refractivity contribution in [3.63, 3.8) is 0 Å². The monoisotopic (exact) mass is 852 g/mol. The molecule has 6 atom stereocenters. The number of aliphatic hydroxyl groups is 7. The van der Waals surface area contributed by atoms with Gasteiger partial charge in [0.2, 0.25) is 5.91 Å². The smallest absolute Gasteiger partial charge is 0.253 e. The number of nitrogens with zero attached hydrogens (tertiary/aromatic N) is 1. The van der Waals surface area contributed by atoms with Crippen LogP contribution in [0.3, 0.4) is 0 Å². The second-order valence-electron chi connectivity index (χ2n) is 8.71. The maximum Gasteiger partial charge on any atom is 0.253 e. The van der Waals surface area contributed by atoms with Gasteiger partial charge in [0.25, 0.3) is 5.91 Å². The van der Waals surface area contributed by atoms with Crippen LogP contribution in [0.1, 0.15) is 22.8 Å². The molecule has 0 fully saturated rings. The molecule has 0 heterocycles. The molecule has 1 rings (SSSR count). The minimum Gasteiger partial charge on any atom is -0.394 e. The summed E-state index contributed by atoms with van der Waals surface area (Å²) < 4.78 is 1.56. The molecular formula is C21H33I3N3O9+. The molecule has 2 amide bonds. The largest absolute Gasteiger partial charge is 0.394 e. The SMILES string of the molecule is CNC(=O)c1c(I)c(C[N+](C)(CC(O)CO)CC(O)C(O)C(O)C(O)CO)c(I)c(NC(C)=O)c1I. The minimum absolute atomic E-state index is 0.0815. The van der Waals surface area contributed by atoms with Crippen LogP contribution >= 0.6 is 67.8 Å². The molecule has 0 aromatic heterocycles. The van der Waals surface area contributed by atoms with Gasteiger partial charge in [-0.15, -0.1) is 0 Å². The Morgan fingerprint density at radius 1 is 0.889 bits per heavy atom. The number of rotatable bonds is 13. The molecule has 36 heavy (non-hydrogen) atoms. The molecule has 1 aromatic rings. The lowest BCUT2D eigenvalue weighted by atomic mass is 10.0. The van der Waals surface area contributed by atoms with Crippen molar-refractivity contribution in [2.45, 2.75) is 44.0 Å². The number of aliphatic hydroxyl groups excluding tert-OH is 7. The van der Waals surface area contributed by atoms with Gasteiger partial charge < -0.3 is 50.9 Å². The fourth-order valence-corrected chi connectivity index (χ4v) is 8.01. The Morgan fingerprint density at radius 2 is 1.44 bits per heavy atom. The van der Waals surface area contributed by atoms with E-state index in [4.69, 9.17) is 5.11 Å². The van der Waals surface area contributed by atoms with E-state index in [1.165, 1.54) is 14.0 Å². The summed E-state index contributed by atoms with van der Waals surface area (Å²) in [5, 5.41) is 74.8. The highest BCUT2D eigenvalue weighted by Crippen LogP contribution is 2.37. The zero-order valence-electron chi connectivity index (χ0n) is 20.0. The first-order valence-corrected chi connectivity index (χ1v) is 14.0. The first-order valence-electron chi connectivity index (χ1n) is 10.8. The minimum atomic E-state index is -1.83. The van der Waals surface area contributed by atoms with E-state index in [1.54, 1.807) is 7.05 Å². The molecule has 15 heteroatoms. The molecule has 9 N–H and O–H groups in total. The van der Waals surface area contributed by atoms with Gasteiger partial charge in [0.05, 0.1) is 35.1 Å². The van der Waals surface area contributed by atoms with E-state index in [1.807, 2.05) is 67.8 Å². The third-order valence-electron chi connectivity index (χ3n) is 5.52. The van der Waals surface area contributed by atoms with Crippen molar-refractivity contribution < 1.29 is 49.8 Å². The van der Waals surface area contributed by atoms with Gasteiger partial charge in [0.1, 0.15) is 50.2 Å². The molecule has 0 saturated heterocycles. The number of quaternary nitrogens is 1. The predicted molar refractivity (Wildman–Crippen MR) is 156 cm³/mol. The van der Waals surface area contributed by atoms with Gasteiger partial charge in [-0.2, -0.15) is 0 Å². The highest BCUT2D eigenvalue weighted by atomic mass is 127.